The highest BCUT2D eigenvalue weighted by Gasteiger charge is 2.31. The Kier molecular flexibility index (Phi) is 4.89. The van der Waals surface area contributed by atoms with Gasteiger partial charge in [-0.2, -0.15) is 0 Å². The van der Waals surface area contributed by atoms with Crippen LogP contribution >= 0.6 is 0 Å². The molecule has 0 bridgehead atoms. The Morgan fingerprint density at radius 1 is 1.14 bits per heavy atom. The zero-order valence-electron chi connectivity index (χ0n) is 16.0. The Morgan fingerprint density at radius 2 is 1.96 bits per heavy atom. The Hall–Kier alpha value is -2.74. The minimum absolute atomic E-state index is 0.202. The maximum atomic E-state index is 11.8. The van der Waals surface area contributed by atoms with Crippen molar-refractivity contribution in [3.05, 3.63) is 48.5 Å². The van der Waals surface area contributed by atoms with Gasteiger partial charge in [0.05, 0.1) is 5.75 Å². The van der Waals surface area contributed by atoms with Crippen molar-refractivity contribution in [2.75, 3.05) is 34.8 Å². The van der Waals surface area contributed by atoms with Crippen LogP contribution in [-0.2, 0) is 9.84 Å². The molecule has 0 atom stereocenters. The van der Waals surface area contributed by atoms with Gasteiger partial charge in [0.2, 0.25) is 0 Å². The van der Waals surface area contributed by atoms with Crippen molar-refractivity contribution in [3.8, 4) is 0 Å². The van der Waals surface area contributed by atoms with E-state index in [0.717, 1.165) is 40.9 Å². The molecule has 1 N–H and O–H groups in total. The van der Waals surface area contributed by atoms with Gasteiger partial charge in [-0.25, -0.2) is 23.4 Å². The number of nitrogens with zero attached hydrogens (tertiary/aromatic N) is 4. The minimum atomic E-state index is -2.93. The molecule has 0 aliphatic carbocycles. The molecule has 0 unspecified atom stereocenters. The topological polar surface area (TPSA) is 88.1 Å². The number of benzene rings is 1. The van der Waals surface area contributed by atoms with E-state index in [1.54, 1.807) is 19.2 Å². The van der Waals surface area contributed by atoms with E-state index >= 15 is 0 Å². The fourth-order valence-electron chi connectivity index (χ4n) is 3.56. The standard InChI is InChI=1S/C20H23N5O2S/c1-3-28(26,27)12-15-10-25(11-15)18-5-4-14(2)16-8-20(22-9-17(16)18)24-19-6-7-21-13-23-19/h4-9,13,15H,3,10-12H2,1-2H3,(H,21,22,23,24). The SMILES string of the molecule is CCS(=O)(=O)CC1CN(c2ccc(C)c3cc(Nc4ccncn4)ncc23)C1. The van der Waals surface area contributed by atoms with Crippen LogP contribution in [0.15, 0.2) is 43.0 Å². The van der Waals surface area contributed by atoms with Crippen LogP contribution < -0.4 is 10.2 Å². The highest BCUT2D eigenvalue weighted by molar-refractivity contribution is 7.91. The number of sulfone groups is 1. The van der Waals surface area contributed by atoms with E-state index in [9.17, 15) is 8.42 Å². The molecule has 28 heavy (non-hydrogen) atoms. The van der Waals surface area contributed by atoms with E-state index in [1.165, 1.54) is 6.33 Å². The van der Waals surface area contributed by atoms with E-state index < -0.39 is 9.84 Å². The lowest BCUT2D eigenvalue weighted by Crippen LogP contribution is -2.49. The molecule has 0 spiro atoms. The highest BCUT2D eigenvalue weighted by atomic mass is 32.2. The van der Waals surface area contributed by atoms with Crippen LogP contribution in [0.2, 0.25) is 0 Å². The average molecular weight is 398 g/mol. The Bertz CT molecular complexity index is 1100. The molecular formula is C20H23N5O2S. The fraction of sp³-hybridized carbons (Fsp3) is 0.350. The summed E-state index contributed by atoms with van der Waals surface area (Å²) in [4.78, 5) is 14.9. The molecule has 7 nitrogen and oxygen atoms in total. The predicted molar refractivity (Wildman–Crippen MR) is 112 cm³/mol. The van der Waals surface area contributed by atoms with Gasteiger partial charge in [0.15, 0.2) is 0 Å². The van der Waals surface area contributed by atoms with Crippen molar-refractivity contribution in [3.63, 3.8) is 0 Å². The third-order valence-corrected chi connectivity index (χ3v) is 7.02. The minimum Gasteiger partial charge on any atom is -0.370 e. The van der Waals surface area contributed by atoms with Gasteiger partial charge < -0.3 is 10.2 Å². The first-order chi connectivity index (χ1) is 13.4. The number of pyridine rings is 1. The van der Waals surface area contributed by atoms with Gasteiger partial charge in [0, 0.05) is 48.2 Å². The third-order valence-electron chi connectivity index (χ3n) is 5.16. The number of fused-ring (bicyclic) bond motifs is 1. The zero-order valence-corrected chi connectivity index (χ0v) is 16.8. The van der Waals surface area contributed by atoms with Crippen molar-refractivity contribution in [1.29, 1.82) is 0 Å². The Balaban J connectivity index is 1.57. The largest absolute Gasteiger partial charge is 0.370 e. The first-order valence-electron chi connectivity index (χ1n) is 9.33. The number of nitrogens with one attached hydrogen (secondary N) is 1. The molecule has 1 aliphatic rings. The molecule has 0 radical (unpaired) electrons. The number of hydrogen-bond donors (Lipinski definition) is 1. The zero-order chi connectivity index (χ0) is 19.7. The molecule has 1 saturated heterocycles. The van der Waals surface area contributed by atoms with Crippen LogP contribution in [0.4, 0.5) is 17.3 Å². The van der Waals surface area contributed by atoms with Gasteiger partial charge in [0.25, 0.3) is 0 Å². The molecule has 1 aliphatic heterocycles. The monoisotopic (exact) mass is 397 g/mol. The molecule has 3 heterocycles. The normalized spacial score (nSPS) is 14.9. The second-order valence-electron chi connectivity index (χ2n) is 7.21. The molecule has 8 heteroatoms. The number of anilines is 3. The highest BCUT2D eigenvalue weighted by Crippen LogP contribution is 2.34. The number of hydrogen-bond acceptors (Lipinski definition) is 7. The van der Waals surface area contributed by atoms with Crippen LogP contribution in [0.5, 0.6) is 0 Å². The molecule has 0 amide bonds. The Labute approximate surface area is 164 Å². The summed E-state index contributed by atoms with van der Waals surface area (Å²) in [5.41, 5.74) is 2.27. The molecule has 1 fully saturated rings. The van der Waals surface area contributed by atoms with E-state index in [1.807, 2.05) is 12.3 Å². The van der Waals surface area contributed by atoms with Crippen LogP contribution in [0, 0.1) is 12.8 Å². The van der Waals surface area contributed by atoms with Crippen molar-refractivity contribution >= 4 is 37.9 Å². The quantitative estimate of drug-likeness (QED) is 0.684. The van der Waals surface area contributed by atoms with Crippen molar-refractivity contribution in [2.24, 2.45) is 5.92 Å². The van der Waals surface area contributed by atoms with Crippen LogP contribution in [0.3, 0.4) is 0 Å². The second kappa shape index (κ2) is 7.35. The fourth-order valence-corrected chi connectivity index (χ4v) is 4.72. The van der Waals surface area contributed by atoms with Crippen LogP contribution in [0.1, 0.15) is 12.5 Å². The Morgan fingerprint density at radius 3 is 2.68 bits per heavy atom. The number of aromatic nitrogens is 3. The summed E-state index contributed by atoms with van der Waals surface area (Å²) in [7, 11) is -2.93. The van der Waals surface area contributed by atoms with Crippen molar-refractivity contribution in [1.82, 2.24) is 15.0 Å². The van der Waals surface area contributed by atoms with E-state index in [-0.39, 0.29) is 17.4 Å². The summed E-state index contributed by atoms with van der Waals surface area (Å²) >= 11 is 0. The van der Waals surface area contributed by atoms with E-state index in [4.69, 9.17) is 0 Å². The molecule has 4 rings (SSSR count). The van der Waals surface area contributed by atoms with Gasteiger partial charge in [-0.1, -0.05) is 13.0 Å². The summed E-state index contributed by atoms with van der Waals surface area (Å²) in [5.74, 6) is 2.10. The second-order valence-corrected chi connectivity index (χ2v) is 9.60. The summed E-state index contributed by atoms with van der Waals surface area (Å²) in [6.45, 7) is 5.31. The van der Waals surface area contributed by atoms with Gasteiger partial charge in [-0.3, -0.25) is 0 Å². The van der Waals surface area contributed by atoms with Crippen LogP contribution in [0.25, 0.3) is 10.8 Å². The maximum Gasteiger partial charge on any atom is 0.150 e. The smallest absolute Gasteiger partial charge is 0.150 e. The molecule has 146 valence electrons. The van der Waals surface area contributed by atoms with Gasteiger partial charge in [-0.05, 0) is 36.1 Å². The molecular weight excluding hydrogens is 374 g/mol. The molecule has 1 aromatic carbocycles. The molecule has 2 aromatic heterocycles. The summed E-state index contributed by atoms with van der Waals surface area (Å²) in [6, 6.07) is 8.01. The van der Waals surface area contributed by atoms with Gasteiger partial charge in [0.1, 0.15) is 27.8 Å². The lowest BCUT2D eigenvalue weighted by atomic mass is 9.98. The van der Waals surface area contributed by atoms with Crippen LogP contribution in [-0.4, -0.2) is 48.0 Å². The third kappa shape index (κ3) is 3.77. The number of rotatable bonds is 6. The predicted octanol–water partition coefficient (Wildman–Crippen LogP) is 2.95. The van der Waals surface area contributed by atoms with Gasteiger partial charge >= 0.3 is 0 Å². The van der Waals surface area contributed by atoms with Crippen molar-refractivity contribution < 1.29 is 8.42 Å². The lowest BCUT2D eigenvalue weighted by molar-refractivity contribution is 0.445. The first kappa shape index (κ1) is 18.6. The lowest BCUT2D eigenvalue weighted by Gasteiger charge is -2.41. The maximum absolute atomic E-state index is 11.8. The molecule has 3 aromatic rings. The van der Waals surface area contributed by atoms with Gasteiger partial charge in [-0.15, -0.1) is 0 Å². The summed E-state index contributed by atoms with van der Waals surface area (Å²) in [5, 5.41) is 5.39. The van der Waals surface area contributed by atoms with E-state index in [0.29, 0.717) is 5.82 Å². The average Bonchev–Trinajstić information content (AvgIpc) is 2.66. The first-order valence-corrected chi connectivity index (χ1v) is 11.1. The number of aryl methyl sites for hydroxylation is 1. The summed E-state index contributed by atoms with van der Waals surface area (Å²) < 4.78 is 23.7. The van der Waals surface area contributed by atoms with Crippen molar-refractivity contribution in [2.45, 2.75) is 13.8 Å². The summed E-state index contributed by atoms with van der Waals surface area (Å²) in [6.07, 6.45) is 5.04. The molecule has 0 saturated carbocycles. The van der Waals surface area contributed by atoms with E-state index in [2.05, 4.69) is 44.2 Å².